The Morgan fingerprint density at radius 2 is 1.89 bits per heavy atom. The van der Waals surface area contributed by atoms with Crippen LogP contribution in [0.25, 0.3) is 0 Å². The lowest BCUT2D eigenvalue weighted by Crippen LogP contribution is -2.35. The average Bonchev–Trinajstić information content (AvgIpc) is 2.33. The summed E-state index contributed by atoms with van der Waals surface area (Å²) in [5.41, 5.74) is -0.0172. The average molecular weight is 259 g/mol. The van der Waals surface area contributed by atoms with Crippen LogP contribution >= 0.6 is 0 Å². The predicted octanol–water partition coefficient (Wildman–Crippen LogP) is 3.23. The molecule has 0 rings (SSSR count). The smallest absolute Gasteiger partial charge is 0.0623 e. The van der Waals surface area contributed by atoms with Crippen molar-refractivity contribution in [2.75, 3.05) is 27.4 Å². The van der Waals surface area contributed by atoms with Crippen molar-refractivity contribution < 1.29 is 9.47 Å². The van der Waals surface area contributed by atoms with Crippen LogP contribution in [0.2, 0.25) is 0 Å². The topological polar surface area (TPSA) is 30.5 Å². The summed E-state index contributed by atoms with van der Waals surface area (Å²) >= 11 is 0. The molecule has 0 amide bonds. The molecule has 0 spiro atoms. The Morgan fingerprint density at radius 1 is 1.22 bits per heavy atom. The summed E-state index contributed by atoms with van der Waals surface area (Å²) in [6, 6.07) is 0.574. The summed E-state index contributed by atoms with van der Waals surface area (Å²) in [7, 11) is 3.57. The van der Waals surface area contributed by atoms with E-state index in [0.717, 1.165) is 26.0 Å². The molecular formula is C15H33NO2. The van der Waals surface area contributed by atoms with E-state index in [-0.39, 0.29) is 5.60 Å². The monoisotopic (exact) mass is 259 g/mol. The van der Waals surface area contributed by atoms with Crippen LogP contribution in [0.5, 0.6) is 0 Å². The van der Waals surface area contributed by atoms with Crippen LogP contribution in [0.4, 0.5) is 0 Å². The molecule has 0 bridgehead atoms. The zero-order valence-electron chi connectivity index (χ0n) is 13.2. The summed E-state index contributed by atoms with van der Waals surface area (Å²) in [5, 5.41) is 3.64. The maximum atomic E-state index is 5.49. The Hall–Kier alpha value is -0.120. The molecule has 110 valence electrons. The van der Waals surface area contributed by atoms with E-state index in [1.807, 2.05) is 0 Å². The SMILES string of the molecule is CCCNC(CCC(C)(C)OC)CC(C)COC. The van der Waals surface area contributed by atoms with Gasteiger partial charge in [0, 0.05) is 26.9 Å². The summed E-state index contributed by atoms with van der Waals surface area (Å²) in [6.07, 6.45) is 4.61. The molecular weight excluding hydrogens is 226 g/mol. The van der Waals surface area contributed by atoms with Gasteiger partial charge in [0.05, 0.1) is 5.60 Å². The Labute approximate surface area is 114 Å². The number of nitrogens with one attached hydrogen (secondary N) is 1. The minimum Gasteiger partial charge on any atom is -0.384 e. The molecule has 0 aliphatic carbocycles. The van der Waals surface area contributed by atoms with Gasteiger partial charge in [-0.05, 0) is 52.0 Å². The Morgan fingerprint density at radius 3 is 2.39 bits per heavy atom. The van der Waals surface area contributed by atoms with Crippen molar-refractivity contribution in [1.29, 1.82) is 0 Å². The summed E-state index contributed by atoms with van der Waals surface area (Å²) in [6.45, 7) is 10.7. The van der Waals surface area contributed by atoms with Gasteiger partial charge in [-0.25, -0.2) is 0 Å². The fourth-order valence-electron chi connectivity index (χ4n) is 2.11. The quantitative estimate of drug-likeness (QED) is 0.618. The van der Waals surface area contributed by atoms with Gasteiger partial charge in [-0.2, -0.15) is 0 Å². The Kier molecular flexibility index (Phi) is 9.70. The largest absolute Gasteiger partial charge is 0.384 e. The lowest BCUT2D eigenvalue weighted by Gasteiger charge is -2.28. The molecule has 18 heavy (non-hydrogen) atoms. The van der Waals surface area contributed by atoms with Crippen molar-refractivity contribution in [2.45, 2.75) is 65.0 Å². The molecule has 0 fully saturated rings. The van der Waals surface area contributed by atoms with Crippen molar-refractivity contribution in [3.8, 4) is 0 Å². The van der Waals surface area contributed by atoms with Crippen LogP contribution in [-0.2, 0) is 9.47 Å². The molecule has 1 N–H and O–H groups in total. The highest BCUT2D eigenvalue weighted by atomic mass is 16.5. The normalized spacial score (nSPS) is 15.7. The molecule has 0 aromatic carbocycles. The fourth-order valence-corrected chi connectivity index (χ4v) is 2.11. The molecule has 2 atom stereocenters. The second kappa shape index (κ2) is 9.76. The van der Waals surface area contributed by atoms with Crippen LogP contribution in [-0.4, -0.2) is 39.0 Å². The van der Waals surface area contributed by atoms with Crippen LogP contribution < -0.4 is 5.32 Å². The van der Waals surface area contributed by atoms with Crippen molar-refractivity contribution >= 4 is 0 Å². The molecule has 0 saturated heterocycles. The molecule has 3 heteroatoms. The molecule has 0 aromatic heterocycles. The summed E-state index contributed by atoms with van der Waals surface area (Å²) in [4.78, 5) is 0. The van der Waals surface area contributed by atoms with Gasteiger partial charge in [0.2, 0.25) is 0 Å². The molecule has 0 aliphatic rings. The second-order valence-electron chi connectivity index (χ2n) is 5.95. The summed E-state index contributed by atoms with van der Waals surface area (Å²) < 4.78 is 10.7. The molecule has 0 aliphatic heterocycles. The first kappa shape index (κ1) is 17.9. The van der Waals surface area contributed by atoms with Gasteiger partial charge >= 0.3 is 0 Å². The highest BCUT2D eigenvalue weighted by Gasteiger charge is 2.20. The minimum absolute atomic E-state index is 0.0172. The first-order valence-corrected chi connectivity index (χ1v) is 7.22. The van der Waals surface area contributed by atoms with Crippen LogP contribution in [0.3, 0.4) is 0 Å². The zero-order chi connectivity index (χ0) is 14.0. The van der Waals surface area contributed by atoms with Crippen molar-refractivity contribution in [2.24, 2.45) is 5.92 Å². The number of methoxy groups -OCH3 is 2. The van der Waals surface area contributed by atoms with Gasteiger partial charge in [0.25, 0.3) is 0 Å². The predicted molar refractivity (Wildman–Crippen MR) is 78.1 cm³/mol. The van der Waals surface area contributed by atoms with Gasteiger partial charge in [0.15, 0.2) is 0 Å². The number of hydrogen-bond donors (Lipinski definition) is 1. The van der Waals surface area contributed by atoms with Crippen molar-refractivity contribution in [1.82, 2.24) is 5.32 Å². The first-order valence-electron chi connectivity index (χ1n) is 7.22. The maximum Gasteiger partial charge on any atom is 0.0623 e. The standard InChI is InChI=1S/C15H33NO2/c1-7-10-16-14(11-13(2)12-17-5)8-9-15(3,4)18-6/h13-14,16H,7-12H2,1-6H3. The van der Waals surface area contributed by atoms with E-state index in [1.165, 1.54) is 12.8 Å². The van der Waals surface area contributed by atoms with E-state index in [0.29, 0.717) is 12.0 Å². The zero-order valence-corrected chi connectivity index (χ0v) is 13.2. The minimum atomic E-state index is -0.0172. The van der Waals surface area contributed by atoms with E-state index in [1.54, 1.807) is 14.2 Å². The van der Waals surface area contributed by atoms with E-state index in [9.17, 15) is 0 Å². The van der Waals surface area contributed by atoms with Crippen LogP contribution in [0.15, 0.2) is 0 Å². The number of rotatable bonds is 11. The molecule has 2 unspecified atom stereocenters. The third kappa shape index (κ3) is 8.90. The highest BCUT2D eigenvalue weighted by molar-refractivity contribution is 4.76. The van der Waals surface area contributed by atoms with Gasteiger partial charge < -0.3 is 14.8 Å². The third-order valence-electron chi connectivity index (χ3n) is 3.47. The van der Waals surface area contributed by atoms with E-state index in [4.69, 9.17) is 9.47 Å². The number of hydrogen-bond acceptors (Lipinski definition) is 3. The number of ether oxygens (including phenoxy) is 2. The lowest BCUT2D eigenvalue weighted by atomic mass is 9.93. The molecule has 0 radical (unpaired) electrons. The van der Waals surface area contributed by atoms with Gasteiger partial charge in [-0.3, -0.25) is 0 Å². The van der Waals surface area contributed by atoms with Gasteiger partial charge in [-0.15, -0.1) is 0 Å². The van der Waals surface area contributed by atoms with Crippen molar-refractivity contribution in [3.05, 3.63) is 0 Å². The van der Waals surface area contributed by atoms with Crippen LogP contribution in [0, 0.1) is 5.92 Å². The van der Waals surface area contributed by atoms with Gasteiger partial charge in [0.1, 0.15) is 0 Å². The molecule has 0 aromatic rings. The first-order chi connectivity index (χ1) is 8.45. The van der Waals surface area contributed by atoms with Gasteiger partial charge in [-0.1, -0.05) is 13.8 Å². The Balaban J connectivity index is 4.13. The highest BCUT2D eigenvalue weighted by Crippen LogP contribution is 2.19. The molecule has 0 saturated carbocycles. The van der Waals surface area contributed by atoms with E-state index < -0.39 is 0 Å². The maximum absolute atomic E-state index is 5.49. The second-order valence-corrected chi connectivity index (χ2v) is 5.95. The molecule has 0 heterocycles. The molecule has 3 nitrogen and oxygen atoms in total. The Bertz CT molecular complexity index is 195. The van der Waals surface area contributed by atoms with Crippen molar-refractivity contribution in [3.63, 3.8) is 0 Å². The summed E-state index contributed by atoms with van der Waals surface area (Å²) in [5.74, 6) is 0.606. The fraction of sp³-hybridized carbons (Fsp3) is 1.00. The van der Waals surface area contributed by atoms with E-state index in [2.05, 4.69) is 33.0 Å². The third-order valence-corrected chi connectivity index (χ3v) is 3.47. The van der Waals surface area contributed by atoms with Crippen LogP contribution in [0.1, 0.15) is 53.4 Å². The lowest BCUT2D eigenvalue weighted by molar-refractivity contribution is 0.0108. The van der Waals surface area contributed by atoms with E-state index >= 15 is 0 Å².